The van der Waals surface area contributed by atoms with Crippen molar-refractivity contribution in [3.63, 3.8) is 0 Å². The third kappa shape index (κ3) is 3.69. The van der Waals surface area contributed by atoms with E-state index in [0.29, 0.717) is 35.4 Å². The Morgan fingerprint density at radius 3 is 2.28 bits per heavy atom. The van der Waals surface area contributed by atoms with Gasteiger partial charge in [-0.05, 0) is 30.2 Å². The highest BCUT2D eigenvalue weighted by Gasteiger charge is 2.27. The van der Waals surface area contributed by atoms with E-state index in [-0.39, 0.29) is 24.0 Å². The first-order chi connectivity index (χ1) is 14.1. The summed E-state index contributed by atoms with van der Waals surface area (Å²) in [4.78, 5) is 38.7. The Labute approximate surface area is 167 Å². The Bertz CT molecular complexity index is 1070. The molecule has 4 rings (SSSR count). The van der Waals surface area contributed by atoms with Crippen molar-refractivity contribution in [1.82, 2.24) is 4.90 Å². The number of methoxy groups -OCH3 is 1. The Balaban J connectivity index is 1.48. The number of furan rings is 1. The molecular weight excluding hydrogens is 370 g/mol. The molecule has 3 aromatic rings. The average Bonchev–Trinajstić information content (AvgIpc) is 3.21. The second kappa shape index (κ2) is 7.75. The SMILES string of the molecule is COC(=O)c1cc2c(o1)CN(C(=O)c1ccc(C(=O)c3ccccc3)cc1)CC2. The predicted octanol–water partition coefficient (Wildman–Crippen LogP) is 3.50. The molecule has 1 amide bonds. The Morgan fingerprint density at radius 1 is 0.931 bits per heavy atom. The molecule has 0 saturated carbocycles. The van der Waals surface area contributed by atoms with E-state index < -0.39 is 5.97 Å². The zero-order chi connectivity index (χ0) is 20.4. The van der Waals surface area contributed by atoms with Gasteiger partial charge in [-0.25, -0.2) is 4.79 Å². The summed E-state index contributed by atoms with van der Waals surface area (Å²) in [7, 11) is 1.30. The molecule has 0 N–H and O–H groups in total. The summed E-state index contributed by atoms with van der Waals surface area (Å²) in [5, 5.41) is 0. The van der Waals surface area contributed by atoms with Crippen LogP contribution in [0.1, 0.15) is 48.2 Å². The van der Waals surface area contributed by atoms with Gasteiger partial charge >= 0.3 is 5.97 Å². The number of benzene rings is 2. The Morgan fingerprint density at radius 2 is 1.59 bits per heavy atom. The number of ketones is 1. The van der Waals surface area contributed by atoms with Gasteiger partial charge in [-0.1, -0.05) is 42.5 Å². The molecule has 0 saturated heterocycles. The fraction of sp³-hybridized carbons (Fsp3) is 0.174. The van der Waals surface area contributed by atoms with Crippen LogP contribution in [0.4, 0.5) is 0 Å². The molecule has 0 radical (unpaired) electrons. The highest BCUT2D eigenvalue weighted by Crippen LogP contribution is 2.25. The molecular formula is C23H19NO5. The Kier molecular flexibility index (Phi) is 4.99. The molecule has 1 aliphatic heterocycles. The lowest BCUT2D eigenvalue weighted by Crippen LogP contribution is -2.35. The summed E-state index contributed by atoms with van der Waals surface area (Å²) in [6.45, 7) is 0.812. The van der Waals surface area contributed by atoms with Gasteiger partial charge in [0.1, 0.15) is 5.76 Å². The first kappa shape index (κ1) is 18.7. The monoisotopic (exact) mass is 389 g/mol. The fourth-order valence-corrected chi connectivity index (χ4v) is 3.40. The van der Waals surface area contributed by atoms with Gasteiger partial charge in [0.05, 0.1) is 13.7 Å². The molecule has 2 aromatic carbocycles. The number of carbonyl (C=O) groups excluding carboxylic acids is 3. The van der Waals surface area contributed by atoms with Crippen LogP contribution in [-0.2, 0) is 17.7 Å². The van der Waals surface area contributed by atoms with Gasteiger partial charge in [0.2, 0.25) is 5.76 Å². The van der Waals surface area contributed by atoms with Crippen LogP contribution < -0.4 is 0 Å². The van der Waals surface area contributed by atoms with Gasteiger partial charge in [0.15, 0.2) is 5.78 Å². The van der Waals surface area contributed by atoms with Crippen molar-refractivity contribution >= 4 is 17.7 Å². The van der Waals surface area contributed by atoms with Crippen LogP contribution in [-0.4, -0.2) is 36.2 Å². The smallest absolute Gasteiger partial charge is 0.373 e. The zero-order valence-corrected chi connectivity index (χ0v) is 15.9. The van der Waals surface area contributed by atoms with Crippen LogP contribution in [0.2, 0.25) is 0 Å². The van der Waals surface area contributed by atoms with E-state index in [1.54, 1.807) is 47.4 Å². The van der Waals surface area contributed by atoms with Gasteiger partial charge < -0.3 is 14.1 Å². The van der Waals surface area contributed by atoms with Crippen molar-refractivity contribution in [1.29, 1.82) is 0 Å². The zero-order valence-electron chi connectivity index (χ0n) is 15.9. The molecule has 0 bridgehead atoms. The molecule has 0 unspecified atom stereocenters. The number of hydrogen-bond acceptors (Lipinski definition) is 5. The number of ether oxygens (including phenoxy) is 1. The molecule has 29 heavy (non-hydrogen) atoms. The summed E-state index contributed by atoms with van der Waals surface area (Å²) >= 11 is 0. The lowest BCUT2D eigenvalue weighted by atomic mass is 10.0. The minimum atomic E-state index is -0.532. The van der Waals surface area contributed by atoms with Gasteiger partial charge in [-0.15, -0.1) is 0 Å². The van der Waals surface area contributed by atoms with Gasteiger partial charge in [-0.2, -0.15) is 0 Å². The van der Waals surface area contributed by atoms with Crippen molar-refractivity contribution in [2.75, 3.05) is 13.7 Å². The Hall–Kier alpha value is -3.67. The van der Waals surface area contributed by atoms with Gasteiger partial charge in [0, 0.05) is 23.2 Å². The van der Waals surface area contributed by atoms with Crippen molar-refractivity contribution in [2.24, 2.45) is 0 Å². The summed E-state index contributed by atoms with van der Waals surface area (Å²) < 4.78 is 10.2. The third-order valence-corrected chi connectivity index (χ3v) is 4.99. The predicted molar refractivity (Wildman–Crippen MR) is 105 cm³/mol. The molecule has 2 heterocycles. The summed E-state index contributed by atoms with van der Waals surface area (Å²) in [6.07, 6.45) is 0.603. The molecule has 6 nitrogen and oxygen atoms in total. The van der Waals surface area contributed by atoms with E-state index in [1.165, 1.54) is 7.11 Å². The maximum absolute atomic E-state index is 12.9. The highest BCUT2D eigenvalue weighted by atomic mass is 16.5. The van der Waals surface area contributed by atoms with E-state index in [2.05, 4.69) is 4.74 Å². The largest absolute Gasteiger partial charge is 0.463 e. The lowest BCUT2D eigenvalue weighted by Gasteiger charge is -2.26. The minimum absolute atomic E-state index is 0.0851. The van der Waals surface area contributed by atoms with Crippen LogP contribution >= 0.6 is 0 Å². The molecule has 0 atom stereocenters. The highest BCUT2D eigenvalue weighted by molar-refractivity contribution is 6.09. The number of esters is 1. The van der Waals surface area contributed by atoms with Crippen LogP contribution in [0.3, 0.4) is 0 Å². The van der Waals surface area contributed by atoms with Crippen LogP contribution in [0.25, 0.3) is 0 Å². The molecule has 1 aliphatic rings. The van der Waals surface area contributed by atoms with E-state index in [4.69, 9.17) is 4.42 Å². The van der Waals surface area contributed by atoms with Crippen molar-refractivity contribution in [3.05, 3.63) is 94.4 Å². The quantitative estimate of drug-likeness (QED) is 0.504. The average molecular weight is 389 g/mol. The van der Waals surface area contributed by atoms with Crippen LogP contribution in [0, 0.1) is 0 Å². The lowest BCUT2D eigenvalue weighted by molar-refractivity contribution is 0.0560. The summed E-state index contributed by atoms with van der Waals surface area (Å²) in [6, 6.07) is 17.3. The molecule has 0 spiro atoms. The van der Waals surface area contributed by atoms with Gasteiger partial charge in [0.25, 0.3) is 5.91 Å². The standard InChI is InChI=1S/C23H19NO5/c1-28-23(27)19-13-18-11-12-24(14-20(18)29-19)22(26)17-9-7-16(8-10-17)21(25)15-5-3-2-4-6-15/h2-10,13H,11-12,14H2,1H3. The first-order valence-corrected chi connectivity index (χ1v) is 9.26. The summed E-state index contributed by atoms with van der Waals surface area (Å²) in [5.74, 6) is -0.0177. The maximum atomic E-state index is 12.9. The fourth-order valence-electron chi connectivity index (χ4n) is 3.40. The number of hydrogen-bond donors (Lipinski definition) is 0. The number of carbonyl (C=O) groups is 3. The van der Waals surface area contributed by atoms with E-state index in [9.17, 15) is 14.4 Å². The summed E-state index contributed by atoms with van der Waals surface area (Å²) in [5.41, 5.74) is 2.55. The molecule has 0 fully saturated rings. The topological polar surface area (TPSA) is 76.8 Å². The molecule has 1 aromatic heterocycles. The number of nitrogens with zero attached hydrogens (tertiary/aromatic N) is 1. The van der Waals surface area contributed by atoms with Crippen LogP contribution in [0.5, 0.6) is 0 Å². The van der Waals surface area contributed by atoms with E-state index in [0.717, 1.165) is 5.56 Å². The van der Waals surface area contributed by atoms with Crippen molar-refractivity contribution in [3.8, 4) is 0 Å². The molecule has 6 heteroatoms. The minimum Gasteiger partial charge on any atom is -0.463 e. The van der Waals surface area contributed by atoms with E-state index in [1.807, 2.05) is 18.2 Å². The molecule has 146 valence electrons. The van der Waals surface area contributed by atoms with Crippen molar-refractivity contribution in [2.45, 2.75) is 13.0 Å². The normalized spacial score (nSPS) is 12.9. The number of rotatable bonds is 4. The third-order valence-electron chi connectivity index (χ3n) is 4.99. The first-order valence-electron chi connectivity index (χ1n) is 9.26. The number of fused-ring (bicyclic) bond motifs is 1. The molecule has 0 aliphatic carbocycles. The van der Waals surface area contributed by atoms with Crippen molar-refractivity contribution < 1.29 is 23.5 Å². The van der Waals surface area contributed by atoms with Gasteiger partial charge in [-0.3, -0.25) is 9.59 Å². The second-order valence-electron chi connectivity index (χ2n) is 6.80. The second-order valence-corrected chi connectivity index (χ2v) is 6.80. The van der Waals surface area contributed by atoms with E-state index >= 15 is 0 Å². The number of amides is 1. The van der Waals surface area contributed by atoms with Crippen LogP contribution in [0.15, 0.2) is 65.1 Å². The maximum Gasteiger partial charge on any atom is 0.373 e.